The molecule has 6 heteroatoms. The van der Waals surface area contributed by atoms with Crippen LogP contribution in [0.2, 0.25) is 5.02 Å². The van der Waals surface area contributed by atoms with Crippen molar-refractivity contribution in [1.82, 2.24) is 9.97 Å². The molecule has 0 bridgehead atoms. The fourth-order valence-electron chi connectivity index (χ4n) is 1.91. The highest BCUT2D eigenvalue weighted by Crippen LogP contribution is 2.25. The molecule has 0 aromatic carbocycles. The van der Waals surface area contributed by atoms with Crippen molar-refractivity contribution in [3.8, 4) is 11.4 Å². The smallest absolute Gasteiger partial charge is 0.130 e. The standard InChI is InChI=1S/C12H12ClN3OS/c13-9-5-10(11-7-18-8-14-11)15-12(6-9)16-1-3-17-4-2-16/h5-8H,1-4H2. The zero-order valence-electron chi connectivity index (χ0n) is 9.67. The first kappa shape index (κ1) is 11.9. The van der Waals surface area contributed by atoms with E-state index >= 15 is 0 Å². The summed E-state index contributed by atoms with van der Waals surface area (Å²) in [6.07, 6.45) is 0. The second kappa shape index (κ2) is 5.22. The van der Waals surface area contributed by atoms with Gasteiger partial charge in [-0.05, 0) is 12.1 Å². The minimum absolute atomic E-state index is 0.689. The summed E-state index contributed by atoms with van der Waals surface area (Å²) in [4.78, 5) is 11.1. The van der Waals surface area contributed by atoms with Crippen molar-refractivity contribution >= 4 is 28.8 Å². The molecule has 3 heterocycles. The second-order valence-corrected chi connectivity index (χ2v) is 5.16. The summed E-state index contributed by atoms with van der Waals surface area (Å²) >= 11 is 7.72. The van der Waals surface area contributed by atoms with Crippen LogP contribution in [0.5, 0.6) is 0 Å². The van der Waals surface area contributed by atoms with Crippen LogP contribution in [0.3, 0.4) is 0 Å². The van der Waals surface area contributed by atoms with E-state index < -0.39 is 0 Å². The highest BCUT2D eigenvalue weighted by molar-refractivity contribution is 7.07. The molecule has 94 valence electrons. The molecule has 0 aliphatic carbocycles. The van der Waals surface area contributed by atoms with Crippen LogP contribution in [0, 0.1) is 0 Å². The number of halogens is 1. The fourth-order valence-corrected chi connectivity index (χ4v) is 2.65. The van der Waals surface area contributed by atoms with Crippen molar-refractivity contribution < 1.29 is 4.74 Å². The summed E-state index contributed by atoms with van der Waals surface area (Å²) in [5.41, 5.74) is 3.49. The molecule has 4 nitrogen and oxygen atoms in total. The van der Waals surface area contributed by atoms with Crippen LogP contribution in [0.4, 0.5) is 5.82 Å². The van der Waals surface area contributed by atoms with Gasteiger partial charge in [-0.25, -0.2) is 9.97 Å². The van der Waals surface area contributed by atoms with Crippen molar-refractivity contribution in [1.29, 1.82) is 0 Å². The van der Waals surface area contributed by atoms with E-state index in [0.717, 1.165) is 43.5 Å². The van der Waals surface area contributed by atoms with Gasteiger partial charge in [0.25, 0.3) is 0 Å². The first-order chi connectivity index (χ1) is 8.83. The quantitative estimate of drug-likeness (QED) is 0.848. The average Bonchev–Trinajstić information content (AvgIpc) is 2.93. The van der Waals surface area contributed by atoms with Gasteiger partial charge in [-0.3, -0.25) is 0 Å². The minimum Gasteiger partial charge on any atom is -0.378 e. The molecular formula is C12H12ClN3OS. The molecule has 1 fully saturated rings. The van der Waals surface area contributed by atoms with Gasteiger partial charge in [-0.1, -0.05) is 11.6 Å². The summed E-state index contributed by atoms with van der Waals surface area (Å²) in [6.45, 7) is 3.17. The summed E-state index contributed by atoms with van der Waals surface area (Å²) in [5, 5.41) is 2.66. The predicted octanol–water partition coefficient (Wildman–Crippen LogP) is 2.70. The predicted molar refractivity (Wildman–Crippen MR) is 73.4 cm³/mol. The lowest BCUT2D eigenvalue weighted by molar-refractivity contribution is 0.122. The SMILES string of the molecule is Clc1cc(-c2cscn2)nc(N2CCOCC2)c1. The number of aromatic nitrogens is 2. The molecule has 0 radical (unpaired) electrons. The number of hydrogen-bond acceptors (Lipinski definition) is 5. The van der Waals surface area contributed by atoms with Gasteiger partial charge in [0, 0.05) is 23.5 Å². The van der Waals surface area contributed by atoms with Crippen molar-refractivity contribution in [2.45, 2.75) is 0 Å². The number of anilines is 1. The Morgan fingerprint density at radius 1 is 1.22 bits per heavy atom. The van der Waals surface area contributed by atoms with Gasteiger partial charge in [0.1, 0.15) is 5.82 Å². The second-order valence-electron chi connectivity index (χ2n) is 4.00. The van der Waals surface area contributed by atoms with Crippen molar-refractivity contribution in [3.05, 3.63) is 28.0 Å². The summed E-state index contributed by atoms with van der Waals surface area (Å²) in [5.74, 6) is 0.897. The lowest BCUT2D eigenvalue weighted by atomic mass is 10.3. The Morgan fingerprint density at radius 2 is 2.06 bits per heavy atom. The van der Waals surface area contributed by atoms with Crippen molar-refractivity contribution in [3.63, 3.8) is 0 Å². The van der Waals surface area contributed by atoms with Gasteiger partial charge < -0.3 is 9.64 Å². The van der Waals surface area contributed by atoms with E-state index in [2.05, 4.69) is 14.9 Å². The molecule has 0 amide bonds. The van der Waals surface area contributed by atoms with Gasteiger partial charge in [-0.2, -0.15) is 0 Å². The van der Waals surface area contributed by atoms with Crippen LogP contribution in [0.15, 0.2) is 23.0 Å². The molecule has 18 heavy (non-hydrogen) atoms. The maximum absolute atomic E-state index is 6.16. The van der Waals surface area contributed by atoms with Gasteiger partial charge >= 0.3 is 0 Å². The Morgan fingerprint density at radius 3 is 2.78 bits per heavy atom. The third-order valence-corrected chi connectivity index (χ3v) is 3.61. The number of thiazole rings is 1. The highest BCUT2D eigenvalue weighted by atomic mass is 35.5. The third-order valence-electron chi connectivity index (χ3n) is 2.81. The van der Waals surface area contributed by atoms with Gasteiger partial charge in [0.15, 0.2) is 0 Å². The lowest BCUT2D eigenvalue weighted by Crippen LogP contribution is -2.36. The third kappa shape index (κ3) is 2.48. The number of ether oxygens (including phenoxy) is 1. The Labute approximate surface area is 114 Å². The molecule has 0 saturated carbocycles. The molecule has 2 aromatic rings. The van der Waals surface area contributed by atoms with Crippen LogP contribution in [-0.4, -0.2) is 36.3 Å². The lowest BCUT2D eigenvalue weighted by Gasteiger charge is -2.28. The van der Waals surface area contributed by atoms with Crippen LogP contribution in [-0.2, 0) is 4.74 Å². The topological polar surface area (TPSA) is 38.2 Å². The first-order valence-electron chi connectivity index (χ1n) is 5.72. The molecule has 0 unspecified atom stereocenters. The fraction of sp³-hybridized carbons (Fsp3) is 0.333. The molecule has 3 rings (SSSR count). The summed E-state index contributed by atoms with van der Waals surface area (Å²) < 4.78 is 5.34. The maximum Gasteiger partial charge on any atom is 0.130 e. The van der Waals surface area contributed by atoms with E-state index in [-0.39, 0.29) is 0 Å². The van der Waals surface area contributed by atoms with Crippen LogP contribution >= 0.6 is 22.9 Å². The monoisotopic (exact) mass is 281 g/mol. The Bertz CT molecular complexity index is 526. The largest absolute Gasteiger partial charge is 0.378 e. The van der Waals surface area contributed by atoms with Gasteiger partial charge in [0.05, 0.1) is 30.1 Å². The average molecular weight is 282 g/mol. The van der Waals surface area contributed by atoms with Crippen LogP contribution in [0.1, 0.15) is 0 Å². The van der Waals surface area contributed by atoms with E-state index in [4.69, 9.17) is 16.3 Å². The molecule has 0 atom stereocenters. The Hall–Kier alpha value is -1.17. The van der Waals surface area contributed by atoms with Crippen molar-refractivity contribution in [2.24, 2.45) is 0 Å². The molecule has 0 spiro atoms. The first-order valence-corrected chi connectivity index (χ1v) is 7.04. The van der Waals surface area contributed by atoms with E-state index in [1.165, 1.54) is 0 Å². The number of morpholine rings is 1. The normalized spacial score (nSPS) is 15.9. The summed E-state index contributed by atoms with van der Waals surface area (Å²) in [6, 6.07) is 3.74. The number of rotatable bonds is 2. The van der Waals surface area contributed by atoms with Crippen molar-refractivity contribution in [2.75, 3.05) is 31.2 Å². The van der Waals surface area contributed by atoms with E-state index in [1.807, 2.05) is 17.5 Å². The van der Waals surface area contributed by atoms with E-state index in [9.17, 15) is 0 Å². The molecule has 1 aliphatic rings. The number of nitrogens with zero attached hydrogens (tertiary/aromatic N) is 3. The van der Waals surface area contributed by atoms with Gasteiger partial charge in [0.2, 0.25) is 0 Å². The zero-order chi connectivity index (χ0) is 12.4. The molecular weight excluding hydrogens is 270 g/mol. The van der Waals surface area contributed by atoms with Crippen LogP contribution in [0.25, 0.3) is 11.4 Å². The zero-order valence-corrected chi connectivity index (χ0v) is 11.2. The van der Waals surface area contributed by atoms with Crippen LogP contribution < -0.4 is 4.90 Å². The van der Waals surface area contributed by atoms with Gasteiger partial charge in [-0.15, -0.1) is 11.3 Å². The maximum atomic E-state index is 6.16. The highest BCUT2D eigenvalue weighted by Gasteiger charge is 2.14. The number of hydrogen-bond donors (Lipinski definition) is 0. The molecule has 1 saturated heterocycles. The molecule has 1 aliphatic heterocycles. The Kier molecular flexibility index (Phi) is 3.45. The summed E-state index contributed by atoms with van der Waals surface area (Å²) in [7, 11) is 0. The van der Waals surface area contributed by atoms with E-state index in [0.29, 0.717) is 5.02 Å². The molecule has 0 N–H and O–H groups in total. The Balaban J connectivity index is 1.95. The van der Waals surface area contributed by atoms with E-state index in [1.54, 1.807) is 16.8 Å². The minimum atomic E-state index is 0.689. The molecule has 2 aromatic heterocycles. The number of pyridine rings is 1.